The molecule has 3 aromatic rings. The maximum Gasteiger partial charge on any atom is 0.254 e. The molecule has 0 saturated heterocycles. The lowest BCUT2D eigenvalue weighted by molar-refractivity contribution is -0.132. The lowest BCUT2D eigenvalue weighted by Crippen LogP contribution is -2.44. The monoisotopic (exact) mass is 471 g/mol. The molecule has 0 aliphatic heterocycles. The zero-order valence-corrected chi connectivity index (χ0v) is 20.5. The molecule has 4 rings (SSSR count). The van der Waals surface area contributed by atoms with E-state index < -0.39 is 0 Å². The van der Waals surface area contributed by atoms with Crippen LogP contribution in [0.3, 0.4) is 0 Å². The second kappa shape index (κ2) is 11.1. The largest absolute Gasteiger partial charge is 0.497 e. The van der Waals surface area contributed by atoms with Gasteiger partial charge in [0, 0.05) is 36.6 Å². The van der Waals surface area contributed by atoms with Crippen molar-refractivity contribution in [3.63, 3.8) is 0 Å². The van der Waals surface area contributed by atoms with Crippen molar-refractivity contribution in [2.24, 2.45) is 0 Å². The first-order chi connectivity index (χ1) is 17.0. The number of ether oxygens (including phenoxy) is 1. The Morgan fingerprint density at radius 3 is 2.49 bits per heavy atom. The van der Waals surface area contributed by atoms with Crippen molar-refractivity contribution < 1.29 is 14.3 Å². The maximum absolute atomic E-state index is 13.4. The van der Waals surface area contributed by atoms with E-state index in [0.717, 1.165) is 25.1 Å². The topological polar surface area (TPSA) is 54.8 Å². The molecule has 0 N–H and O–H groups in total. The molecule has 6 nitrogen and oxygen atoms in total. The second-order valence-electron chi connectivity index (χ2n) is 9.01. The predicted molar refractivity (Wildman–Crippen MR) is 137 cm³/mol. The molecule has 1 fully saturated rings. The van der Waals surface area contributed by atoms with Crippen molar-refractivity contribution in [2.75, 3.05) is 20.2 Å². The molecule has 1 saturated carbocycles. The van der Waals surface area contributed by atoms with Gasteiger partial charge in [-0.25, -0.2) is 0 Å². The zero-order chi connectivity index (χ0) is 24.8. The summed E-state index contributed by atoms with van der Waals surface area (Å²) in [6.07, 6.45) is 5.63. The summed E-state index contributed by atoms with van der Waals surface area (Å²) in [5.41, 5.74) is 4.09. The average molecular weight is 472 g/mol. The Hall–Kier alpha value is -3.80. The van der Waals surface area contributed by atoms with Gasteiger partial charge >= 0.3 is 0 Å². The number of hydrogen-bond acceptors (Lipinski definition) is 3. The summed E-state index contributed by atoms with van der Waals surface area (Å²) < 4.78 is 7.37. The van der Waals surface area contributed by atoms with Gasteiger partial charge in [0.25, 0.3) is 5.91 Å². The molecular weight excluding hydrogens is 438 g/mol. The van der Waals surface area contributed by atoms with E-state index in [0.29, 0.717) is 24.4 Å². The van der Waals surface area contributed by atoms with Gasteiger partial charge in [-0.05, 0) is 67.3 Å². The van der Waals surface area contributed by atoms with Crippen LogP contribution in [0.15, 0.2) is 79.5 Å². The quantitative estimate of drug-likeness (QED) is 0.382. The van der Waals surface area contributed by atoms with E-state index in [2.05, 4.69) is 30.2 Å². The normalized spacial score (nSPS) is 12.7. The Balaban J connectivity index is 1.47. The summed E-state index contributed by atoms with van der Waals surface area (Å²) in [6.45, 7) is 7.64. The molecule has 1 aliphatic rings. The molecule has 2 amide bonds. The summed E-state index contributed by atoms with van der Waals surface area (Å²) in [6, 6.07) is 19.5. The van der Waals surface area contributed by atoms with Crippen molar-refractivity contribution >= 4 is 11.8 Å². The molecule has 1 aromatic heterocycles. The van der Waals surface area contributed by atoms with E-state index in [4.69, 9.17) is 4.74 Å². The van der Waals surface area contributed by atoms with Gasteiger partial charge in [0.15, 0.2) is 0 Å². The van der Waals surface area contributed by atoms with Gasteiger partial charge in [0.2, 0.25) is 5.91 Å². The zero-order valence-electron chi connectivity index (χ0n) is 20.5. The van der Waals surface area contributed by atoms with Crippen LogP contribution in [0.5, 0.6) is 5.75 Å². The van der Waals surface area contributed by atoms with Gasteiger partial charge in [-0.3, -0.25) is 9.59 Å². The molecule has 182 valence electrons. The molecule has 0 bridgehead atoms. The van der Waals surface area contributed by atoms with Crippen LogP contribution in [0.1, 0.15) is 40.0 Å². The van der Waals surface area contributed by atoms with Crippen LogP contribution in [0.25, 0.3) is 0 Å². The lowest BCUT2D eigenvalue weighted by Gasteiger charge is -2.27. The van der Waals surface area contributed by atoms with Crippen LogP contribution >= 0.6 is 0 Å². The smallest absolute Gasteiger partial charge is 0.254 e. The van der Waals surface area contributed by atoms with E-state index in [1.807, 2.05) is 30.5 Å². The van der Waals surface area contributed by atoms with Crippen LogP contribution < -0.4 is 4.74 Å². The van der Waals surface area contributed by atoms with Crippen molar-refractivity contribution in [3.05, 3.63) is 102 Å². The number of carbonyl (C=O) groups excluding carboxylic acids is 2. The fraction of sp³-hybridized carbons (Fsp3) is 0.310. The van der Waals surface area contributed by atoms with E-state index in [1.54, 1.807) is 47.3 Å². The molecule has 1 aliphatic carbocycles. The molecular formula is C29H33N3O3. The Bertz CT molecular complexity index is 1180. The third-order valence-electron chi connectivity index (χ3n) is 6.47. The first kappa shape index (κ1) is 24.3. The third-order valence-corrected chi connectivity index (χ3v) is 6.47. The average Bonchev–Trinajstić information content (AvgIpc) is 3.63. The highest BCUT2D eigenvalue weighted by molar-refractivity contribution is 5.97. The first-order valence-electron chi connectivity index (χ1n) is 12.0. The van der Waals surface area contributed by atoms with Gasteiger partial charge in [-0.15, -0.1) is 6.58 Å². The number of hydrogen-bond donors (Lipinski definition) is 0. The van der Waals surface area contributed by atoms with Gasteiger partial charge in [-0.2, -0.15) is 0 Å². The summed E-state index contributed by atoms with van der Waals surface area (Å²) in [5.74, 6) is 0.494. The standard InChI is InChI=1S/C29H33N3O3/c1-4-17-31(20-26-10-7-18-30(26)19-24-9-6-5-8-22(24)2)28(33)21-32(25-13-14-25)29(34)23-11-15-27(35-3)16-12-23/h4-12,15-16,18,25H,1,13-14,17,19-21H2,2-3H3. The number of methoxy groups -OCH3 is 1. The summed E-state index contributed by atoms with van der Waals surface area (Å²) in [4.78, 5) is 30.1. The van der Waals surface area contributed by atoms with Crippen molar-refractivity contribution in [1.82, 2.24) is 14.4 Å². The fourth-order valence-electron chi connectivity index (χ4n) is 4.22. The summed E-state index contributed by atoms with van der Waals surface area (Å²) in [5, 5.41) is 0. The summed E-state index contributed by atoms with van der Waals surface area (Å²) in [7, 11) is 1.59. The van der Waals surface area contributed by atoms with E-state index >= 15 is 0 Å². The van der Waals surface area contributed by atoms with Gasteiger partial charge in [0.1, 0.15) is 12.3 Å². The molecule has 2 aromatic carbocycles. The second-order valence-corrected chi connectivity index (χ2v) is 9.01. The molecule has 0 unspecified atom stereocenters. The van der Waals surface area contributed by atoms with Crippen molar-refractivity contribution in [3.8, 4) is 5.75 Å². The number of rotatable bonds is 11. The molecule has 0 spiro atoms. The summed E-state index contributed by atoms with van der Waals surface area (Å²) >= 11 is 0. The number of nitrogens with zero attached hydrogens (tertiary/aromatic N) is 3. The number of benzene rings is 2. The van der Waals surface area contributed by atoms with E-state index in [9.17, 15) is 9.59 Å². The SMILES string of the molecule is C=CCN(Cc1cccn1Cc1ccccc1C)C(=O)CN(C(=O)c1ccc(OC)cc1)C1CC1. The molecule has 0 atom stereocenters. The minimum Gasteiger partial charge on any atom is -0.497 e. The Labute approximate surface area is 207 Å². The molecule has 0 radical (unpaired) electrons. The number of carbonyl (C=O) groups is 2. The third kappa shape index (κ3) is 6.01. The number of amides is 2. The minimum absolute atomic E-state index is 0.0574. The van der Waals surface area contributed by atoms with E-state index in [-0.39, 0.29) is 24.4 Å². The van der Waals surface area contributed by atoms with Crippen LogP contribution in [0.4, 0.5) is 0 Å². The Morgan fingerprint density at radius 1 is 1.09 bits per heavy atom. The van der Waals surface area contributed by atoms with Crippen molar-refractivity contribution in [1.29, 1.82) is 0 Å². The highest BCUT2D eigenvalue weighted by Crippen LogP contribution is 2.29. The van der Waals surface area contributed by atoms with E-state index in [1.165, 1.54) is 11.1 Å². The molecule has 35 heavy (non-hydrogen) atoms. The van der Waals surface area contributed by atoms with Gasteiger partial charge in [-0.1, -0.05) is 30.3 Å². The van der Waals surface area contributed by atoms with Crippen LogP contribution in [-0.2, 0) is 17.9 Å². The fourth-order valence-corrected chi connectivity index (χ4v) is 4.22. The number of aromatic nitrogens is 1. The predicted octanol–water partition coefficient (Wildman–Crippen LogP) is 4.67. The molecule has 6 heteroatoms. The maximum atomic E-state index is 13.4. The molecule has 1 heterocycles. The van der Waals surface area contributed by atoms with Crippen LogP contribution in [0, 0.1) is 6.92 Å². The minimum atomic E-state index is -0.120. The first-order valence-corrected chi connectivity index (χ1v) is 12.0. The van der Waals surface area contributed by atoms with Crippen LogP contribution in [-0.4, -0.2) is 52.4 Å². The van der Waals surface area contributed by atoms with Gasteiger partial charge in [0.05, 0.1) is 13.7 Å². The van der Waals surface area contributed by atoms with Crippen molar-refractivity contribution in [2.45, 2.75) is 38.9 Å². The number of aryl methyl sites for hydroxylation is 1. The Kier molecular flexibility index (Phi) is 7.70. The lowest BCUT2D eigenvalue weighted by atomic mass is 10.1. The highest BCUT2D eigenvalue weighted by Gasteiger charge is 2.35. The van der Waals surface area contributed by atoms with Gasteiger partial charge < -0.3 is 19.1 Å². The highest BCUT2D eigenvalue weighted by atomic mass is 16.5. The Morgan fingerprint density at radius 2 is 1.83 bits per heavy atom. The van der Waals surface area contributed by atoms with Crippen LogP contribution in [0.2, 0.25) is 0 Å².